The SMILES string of the molecule is O=C1CCN(CCCOc2ccc(=O)n(-c3ccccc3)n2)CC1. The van der Waals surface area contributed by atoms with Gasteiger partial charge in [0.2, 0.25) is 5.88 Å². The summed E-state index contributed by atoms with van der Waals surface area (Å²) in [4.78, 5) is 25.4. The van der Waals surface area contributed by atoms with Crippen LogP contribution >= 0.6 is 0 Å². The molecule has 0 bridgehead atoms. The minimum atomic E-state index is -0.188. The lowest BCUT2D eigenvalue weighted by molar-refractivity contribution is -0.121. The van der Waals surface area contributed by atoms with E-state index in [4.69, 9.17) is 4.74 Å². The molecule has 1 aliphatic rings. The van der Waals surface area contributed by atoms with Gasteiger partial charge < -0.3 is 9.64 Å². The van der Waals surface area contributed by atoms with E-state index in [1.165, 1.54) is 10.7 Å². The monoisotopic (exact) mass is 327 g/mol. The fourth-order valence-corrected chi connectivity index (χ4v) is 2.72. The molecule has 24 heavy (non-hydrogen) atoms. The molecule has 1 fully saturated rings. The van der Waals surface area contributed by atoms with E-state index >= 15 is 0 Å². The van der Waals surface area contributed by atoms with Crippen molar-refractivity contribution in [1.29, 1.82) is 0 Å². The van der Waals surface area contributed by atoms with Gasteiger partial charge >= 0.3 is 0 Å². The van der Waals surface area contributed by atoms with E-state index in [-0.39, 0.29) is 5.56 Å². The number of ether oxygens (including phenoxy) is 1. The third-order valence-electron chi connectivity index (χ3n) is 4.06. The molecule has 3 rings (SSSR count). The number of carbonyl (C=O) groups is 1. The number of aromatic nitrogens is 2. The molecule has 0 radical (unpaired) electrons. The van der Waals surface area contributed by atoms with Crippen molar-refractivity contribution in [2.24, 2.45) is 0 Å². The summed E-state index contributed by atoms with van der Waals surface area (Å²) in [5, 5.41) is 4.26. The Bertz CT molecular complexity index is 733. The lowest BCUT2D eigenvalue weighted by Crippen LogP contribution is -2.35. The maximum Gasteiger partial charge on any atom is 0.271 e. The highest BCUT2D eigenvalue weighted by molar-refractivity contribution is 5.79. The first-order chi connectivity index (χ1) is 11.7. The number of hydrogen-bond acceptors (Lipinski definition) is 5. The van der Waals surface area contributed by atoms with Crippen LogP contribution in [0.1, 0.15) is 19.3 Å². The number of ketones is 1. The average molecular weight is 327 g/mol. The molecule has 0 amide bonds. The van der Waals surface area contributed by atoms with Crippen LogP contribution in [0.4, 0.5) is 0 Å². The highest BCUT2D eigenvalue weighted by atomic mass is 16.5. The Balaban J connectivity index is 1.53. The third kappa shape index (κ3) is 4.29. The lowest BCUT2D eigenvalue weighted by Gasteiger charge is -2.25. The quantitative estimate of drug-likeness (QED) is 0.755. The summed E-state index contributed by atoms with van der Waals surface area (Å²) in [6, 6.07) is 12.3. The van der Waals surface area contributed by atoms with Crippen LogP contribution in [-0.4, -0.2) is 46.7 Å². The zero-order valence-electron chi connectivity index (χ0n) is 13.6. The molecule has 2 heterocycles. The van der Waals surface area contributed by atoms with Crippen LogP contribution in [0.25, 0.3) is 5.69 Å². The van der Waals surface area contributed by atoms with E-state index in [0.29, 0.717) is 36.8 Å². The van der Waals surface area contributed by atoms with Crippen molar-refractivity contribution in [1.82, 2.24) is 14.7 Å². The van der Waals surface area contributed by atoms with Gasteiger partial charge in [0.1, 0.15) is 5.78 Å². The lowest BCUT2D eigenvalue weighted by atomic mass is 10.1. The summed E-state index contributed by atoms with van der Waals surface area (Å²) in [6.07, 6.45) is 2.18. The summed E-state index contributed by atoms with van der Waals surface area (Å²) in [5.74, 6) is 0.794. The summed E-state index contributed by atoms with van der Waals surface area (Å²) >= 11 is 0. The molecule has 1 saturated heterocycles. The van der Waals surface area contributed by atoms with Gasteiger partial charge in [0.15, 0.2) is 0 Å². The second-order valence-electron chi connectivity index (χ2n) is 5.84. The van der Waals surface area contributed by atoms with E-state index in [0.717, 1.165) is 26.1 Å². The van der Waals surface area contributed by atoms with Crippen molar-refractivity contribution in [3.8, 4) is 11.6 Å². The smallest absolute Gasteiger partial charge is 0.271 e. The summed E-state index contributed by atoms with van der Waals surface area (Å²) in [7, 11) is 0. The first-order valence-electron chi connectivity index (χ1n) is 8.25. The predicted octanol–water partition coefficient (Wildman–Crippen LogP) is 1.67. The highest BCUT2D eigenvalue weighted by Crippen LogP contribution is 2.09. The topological polar surface area (TPSA) is 64.4 Å². The van der Waals surface area contributed by atoms with E-state index < -0.39 is 0 Å². The van der Waals surface area contributed by atoms with E-state index in [1.807, 2.05) is 30.3 Å². The van der Waals surface area contributed by atoms with Crippen molar-refractivity contribution in [3.05, 3.63) is 52.8 Å². The van der Waals surface area contributed by atoms with Crippen LogP contribution < -0.4 is 10.3 Å². The molecule has 1 aromatic carbocycles. The molecule has 0 N–H and O–H groups in total. The Labute approximate surface area is 140 Å². The van der Waals surface area contributed by atoms with Crippen molar-refractivity contribution in [3.63, 3.8) is 0 Å². The van der Waals surface area contributed by atoms with Crippen LogP contribution in [0.15, 0.2) is 47.3 Å². The van der Waals surface area contributed by atoms with Crippen LogP contribution in [0.2, 0.25) is 0 Å². The number of para-hydroxylation sites is 1. The molecular weight excluding hydrogens is 306 g/mol. The summed E-state index contributed by atoms with van der Waals surface area (Å²) in [5.41, 5.74) is 0.525. The van der Waals surface area contributed by atoms with Crippen LogP contribution in [-0.2, 0) is 4.79 Å². The maximum absolute atomic E-state index is 11.9. The van der Waals surface area contributed by atoms with Gasteiger partial charge in [-0.2, -0.15) is 4.68 Å². The molecule has 126 valence electrons. The largest absolute Gasteiger partial charge is 0.477 e. The fraction of sp³-hybridized carbons (Fsp3) is 0.389. The van der Waals surface area contributed by atoms with Crippen molar-refractivity contribution >= 4 is 5.78 Å². The van der Waals surface area contributed by atoms with Crippen LogP contribution in [0.3, 0.4) is 0 Å². The summed E-state index contributed by atoms with van der Waals surface area (Å²) < 4.78 is 7.01. The van der Waals surface area contributed by atoms with Gasteiger partial charge in [-0.3, -0.25) is 9.59 Å². The molecule has 2 aromatic rings. The molecule has 0 unspecified atom stereocenters. The zero-order valence-corrected chi connectivity index (χ0v) is 13.6. The van der Waals surface area contributed by atoms with Gasteiger partial charge in [-0.25, -0.2) is 0 Å². The number of carbonyl (C=O) groups excluding carboxylic acids is 1. The number of Topliss-reactive ketones (excluding diaryl/α,β-unsaturated/α-hetero) is 1. The Morgan fingerprint density at radius 2 is 1.75 bits per heavy atom. The number of piperidine rings is 1. The van der Waals surface area contributed by atoms with Gasteiger partial charge in [-0.05, 0) is 18.6 Å². The molecule has 1 aliphatic heterocycles. The van der Waals surface area contributed by atoms with Crippen molar-refractivity contribution in [2.75, 3.05) is 26.2 Å². The molecule has 1 aromatic heterocycles. The maximum atomic E-state index is 11.9. The standard InChI is InChI=1S/C18H21N3O3/c22-16-9-12-20(13-10-16)11-4-14-24-17-7-8-18(23)21(19-17)15-5-2-1-3-6-15/h1-3,5-8H,4,9-14H2. The highest BCUT2D eigenvalue weighted by Gasteiger charge is 2.15. The number of nitrogens with zero attached hydrogens (tertiary/aromatic N) is 3. The van der Waals surface area contributed by atoms with Gasteiger partial charge in [-0.15, -0.1) is 5.10 Å². The number of rotatable bonds is 6. The molecule has 0 aliphatic carbocycles. The Morgan fingerprint density at radius 3 is 2.50 bits per heavy atom. The molecular formula is C18H21N3O3. The Kier molecular flexibility index (Phi) is 5.38. The van der Waals surface area contributed by atoms with Gasteiger partial charge in [-0.1, -0.05) is 18.2 Å². The van der Waals surface area contributed by atoms with Gasteiger partial charge in [0.05, 0.1) is 12.3 Å². The first-order valence-corrected chi connectivity index (χ1v) is 8.25. The predicted molar refractivity (Wildman–Crippen MR) is 90.6 cm³/mol. The van der Waals surface area contributed by atoms with E-state index in [2.05, 4.69) is 10.00 Å². The van der Waals surface area contributed by atoms with Crippen LogP contribution in [0, 0.1) is 0 Å². The number of likely N-dealkylation sites (tertiary alicyclic amines) is 1. The average Bonchev–Trinajstić information content (AvgIpc) is 2.62. The van der Waals surface area contributed by atoms with Gasteiger partial charge in [0, 0.05) is 44.6 Å². The second kappa shape index (κ2) is 7.88. The minimum Gasteiger partial charge on any atom is -0.477 e. The molecule has 0 spiro atoms. The van der Waals surface area contributed by atoms with E-state index in [1.54, 1.807) is 6.07 Å². The molecule has 6 nitrogen and oxygen atoms in total. The molecule has 6 heteroatoms. The van der Waals surface area contributed by atoms with Gasteiger partial charge in [0.25, 0.3) is 5.56 Å². The normalized spacial score (nSPS) is 15.4. The molecule has 0 saturated carbocycles. The first kappa shape index (κ1) is 16.4. The fourth-order valence-electron chi connectivity index (χ4n) is 2.72. The molecule has 0 atom stereocenters. The second-order valence-corrected chi connectivity index (χ2v) is 5.84. The number of hydrogen-bond donors (Lipinski definition) is 0. The Hall–Kier alpha value is -2.47. The van der Waals surface area contributed by atoms with Crippen molar-refractivity contribution < 1.29 is 9.53 Å². The summed E-state index contributed by atoms with van der Waals surface area (Å²) in [6.45, 7) is 3.13. The van der Waals surface area contributed by atoms with Crippen LogP contribution in [0.5, 0.6) is 5.88 Å². The zero-order chi connectivity index (χ0) is 16.8. The minimum absolute atomic E-state index is 0.188. The van der Waals surface area contributed by atoms with E-state index in [9.17, 15) is 9.59 Å². The third-order valence-corrected chi connectivity index (χ3v) is 4.06. The number of benzene rings is 1. The van der Waals surface area contributed by atoms with Crippen molar-refractivity contribution in [2.45, 2.75) is 19.3 Å². The Morgan fingerprint density at radius 1 is 1.00 bits per heavy atom.